The molecule has 0 aliphatic heterocycles. The average molecular weight is 272 g/mol. The Morgan fingerprint density at radius 2 is 2.15 bits per heavy atom. The fourth-order valence-corrected chi connectivity index (χ4v) is 1.96. The van der Waals surface area contributed by atoms with Crippen LogP contribution in [0.4, 0.5) is 4.39 Å². The Labute approximate surface area is 117 Å². The van der Waals surface area contributed by atoms with Crippen molar-refractivity contribution in [1.82, 2.24) is 10.3 Å². The first-order chi connectivity index (χ1) is 9.81. The molecule has 0 amide bonds. The zero-order valence-corrected chi connectivity index (χ0v) is 11.2. The predicted molar refractivity (Wildman–Crippen MR) is 74.8 cm³/mol. The summed E-state index contributed by atoms with van der Waals surface area (Å²) >= 11 is 0. The van der Waals surface area contributed by atoms with E-state index in [9.17, 15) is 4.39 Å². The molecule has 0 spiro atoms. The molecule has 1 aromatic carbocycles. The molecule has 1 aliphatic carbocycles. The van der Waals surface area contributed by atoms with Crippen LogP contribution < -0.4 is 10.1 Å². The predicted octanol–water partition coefficient (Wildman–Crippen LogP) is 3.05. The lowest BCUT2D eigenvalue weighted by Crippen LogP contribution is -2.15. The number of nitrogens with zero attached hydrogens (tertiary/aromatic N) is 1. The van der Waals surface area contributed by atoms with Gasteiger partial charge in [-0.25, -0.2) is 4.39 Å². The molecule has 0 bridgehead atoms. The van der Waals surface area contributed by atoms with Crippen LogP contribution in [0.3, 0.4) is 0 Å². The Bertz CT molecular complexity index is 570. The molecular weight excluding hydrogens is 255 g/mol. The average Bonchev–Trinajstić information content (AvgIpc) is 3.29. The van der Waals surface area contributed by atoms with Gasteiger partial charge in [-0.15, -0.1) is 0 Å². The summed E-state index contributed by atoms with van der Waals surface area (Å²) in [4.78, 5) is 4.14. The van der Waals surface area contributed by atoms with Crippen molar-refractivity contribution < 1.29 is 9.13 Å². The molecule has 0 saturated heterocycles. The van der Waals surface area contributed by atoms with Crippen molar-refractivity contribution in [2.75, 3.05) is 0 Å². The highest BCUT2D eigenvalue weighted by molar-refractivity contribution is 5.29. The fraction of sp³-hybridized carbons (Fsp3) is 0.312. The van der Waals surface area contributed by atoms with E-state index in [0.717, 1.165) is 11.3 Å². The summed E-state index contributed by atoms with van der Waals surface area (Å²) in [6, 6.07) is 11.3. The number of halogens is 1. The summed E-state index contributed by atoms with van der Waals surface area (Å²) in [7, 11) is 0. The van der Waals surface area contributed by atoms with Crippen molar-refractivity contribution >= 4 is 0 Å². The lowest BCUT2D eigenvalue weighted by Gasteiger charge is -2.09. The normalized spacial score (nSPS) is 14.2. The zero-order chi connectivity index (χ0) is 13.8. The number of benzene rings is 1. The van der Waals surface area contributed by atoms with Crippen LogP contribution in [0.5, 0.6) is 5.75 Å². The SMILES string of the molecule is Fc1cc(CNC2CC2)ccc1OCc1ccccn1. The van der Waals surface area contributed by atoms with Crippen LogP contribution in [0.15, 0.2) is 42.6 Å². The smallest absolute Gasteiger partial charge is 0.165 e. The van der Waals surface area contributed by atoms with E-state index in [1.54, 1.807) is 12.3 Å². The minimum absolute atomic E-state index is 0.269. The summed E-state index contributed by atoms with van der Waals surface area (Å²) in [6.07, 6.45) is 4.16. The Hall–Kier alpha value is -1.94. The Balaban J connectivity index is 1.58. The molecule has 2 aromatic rings. The fourth-order valence-electron chi connectivity index (χ4n) is 1.96. The topological polar surface area (TPSA) is 34.1 Å². The number of nitrogens with one attached hydrogen (secondary N) is 1. The van der Waals surface area contributed by atoms with Crippen LogP contribution >= 0.6 is 0 Å². The van der Waals surface area contributed by atoms with E-state index in [1.165, 1.54) is 18.9 Å². The molecule has 3 nitrogen and oxygen atoms in total. The zero-order valence-electron chi connectivity index (χ0n) is 11.2. The number of hydrogen-bond donors (Lipinski definition) is 1. The number of hydrogen-bond acceptors (Lipinski definition) is 3. The first-order valence-corrected chi connectivity index (χ1v) is 6.86. The third-order valence-corrected chi connectivity index (χ3v) is 3.27. The molecule has 1 heterocycles. The maximum absolute atomic E-state index is 13.9. The lowest BCUT2D eigenvalue weighted by atomic mass is 10.2. The molecule has 3 rings (SSSR count). The molecule has 0 radical (unpaired) electrons. The van der Waals surface area contributed by atoms with Gasteiger partial charge in [0.25, 0.3) is 0 Å². The third kappa shape index (κ3) is 3.54. The van der Waals surface area contributed by atoms with Crippen LogP contribution in [0.25, 0.3) is 0 Å². The molecule has 1 saturated carbocycles. The first kappa shape index (κ1) is 13.1. The third-order valence-electron chi connectivity index (χ3n) is 3.27. The van der Waals surface area contributed by atoms with Gasteiger partial charge in [-0.2, -0.15) is 0 Å². The molecule has 20 heavy (non-hydrogen) atoms. The molecule has 4 heteroatoms. The van der Waals surface area contributed by atoms with Crippen molar-refractivity contribution in [3.05, 3.63) is 59.7 Å². The maximum atomic E-state index is 13.9. The van der Waals surface area contributed by atoms with E-state index >= 15 is 0 Å². The van der Waals surface area contributed by atoms with Gasteiger partial charge in [0, 0.05) is 18.8 Å². The van der Waals surface area contributed by atoms with Crippen molar-refractivity contribution in [2.45, 2.75) is 32.0 Å². The molecule has 1 N–H and O–H groups in total. The van der Waals surface area contributed by atoms with E-state index in [0.29, 0.717) is 12.6 Å². The van der Waals surface area contributed by atoms with E-state index in [2.05, 4.69) is 10.3 Å². The summed E-state index contributed by atoms with van der Waals surface area (Å²) in [5, 5.41) is 3.36. The Morgan fingerprint density at radius 1 is 1.25 bits per heavy atom. The van der Waals surface area contributed by atoms with Crippen molar-refractivity contribution in [1.29, 1.82) is 0 Å². The number of rotatable bonds is 6. The second-order valence-electron chi connectivity index (χ2n) is 5.03. The highest BCUT2D eigenvalue weighted by atomic mass is 19.1. The van der Waals surface area contributed by atoms with Crippen molar-refractivity contribution in [3.8, 4) is 5.75 Å². The summed E-state index contributed by atoms with van der Waals surface area (Å²) in [5.74, 6) is -0.0538. The van der Waals surface area contributed by atoms with Gasteiger partial charge < -0.3 is 10.1 Å². The molecular formula is C16H17FN2O. The van der Waals surface area contributed by atoms with Gasteiger partial charge in [0.05, 0.1) is 5.69 Å². The van der Waals surface area contributed by atoms with Gasteiger partial charge in [-0.1, -0.05) is 12.1 Å². The van der Waals surface area contributed by atoms with Gasteiger partial charge in [-0.05, 0) is 42.7 Å². The van der Waals surface area contributed by atoms with Crippen LogP contribution in [0, 0.1) is 5.82 Å². The van der Waals surface area contributed by atoms with Crippen LogP contribution in [-0.4, -0.2) is 11.0 Å². The molecule has 0 unspecified atom stereocenters. The van der Waals surface area contributed by atoms with Gasteiger partial charge in [0.15, 0.2) is 11.6 Å². The highest BCUT2D eigenvalue weighted by Gasteiger charge is 2.20. The Morgan fingerprint density at radius 3 is 2.85 bits per heavy atom. The molecule has 104 valence electrons. The van der Waals surface area contributed by atoms with Crippen LogP contribution in [0.1, 0.15) is 24.1 Å². The summed E-state index contributed by atoms with van der Waals surface area (Å²) in [5.41, 5.74) is 1.73. The second kappa shape index (κ2) is 6.01. The molecule has 1 aromatic heterocycles. The minimum atomic E-state index is -0.323. The number of aromatic nitrogens is 1. The lowest BCUT2D eigenvalue weighted by molar-refractivity contribution is 0.285. The van der Waals surface area contributed by atoms with Crippen LogP contribution in [-0.2, 0) is 13.2 Å². The Kier molecular flexibility index (Phi) is 3.92. The standard InChI is InChI=1S/C16H17FN2O/c17-15-9-12(10-19-13-5-6-13)4-7-16(15)20-11-14-3-1-2-8-18-14/h1-4,7-9,13,19H,5-6,10-11H2. The minimum Gasteiger partial charge on any atom is -0.484 e. The molecule has 1 fully saturated rings. The van der Waals surface area contributed by atoms with E-state index in [4.69, 9.17) is 4.74 Å². The van der Waals surface area contributed by atoms with Gasteiger partial charge >= 0.3 is 0 Å². The second-order valence-corrected chi connectivity index (χ2v) is 5.03. The van der Waals surface area contributed by atoms with Gasteiger partial charge in [0.2, 0.25) is 0 Å². The van der Waals surface area contributed by atoms with Crippen molar-refractivity contribution in [2.24, 2.45) is 0 Å². The molecule has 1 aliphatic rings. The maximum Gasteiger partial charge on any atom is 0.165 e. The number of ether oxygens (including phenoxy) is 1. The van der Waals surface area contributed by atoms with Crippen molar-refractivity contribution in [3.63, 3.8) is 0 Å². The summed E-state index contributed by atoms with van der Waals surface area (Å²) in [6.45, 7) is 0.986. The van der Waals surface area contributed by atoms with Gasteiger partial charge in [-0.3, -0.25) is 4.98 Å². The highest BCUT2D eigenvalue weighted by Crippen LogP contribution is 2.22. The number of pyridine rings is 1. The van der Waals surface area contributed by atoms with Gasteiger partial charge in [0.1, 0.15) is 6.61 Å². The van der Waals surface area contributed by atoms with E-state index in [-0.39, 0.29) is 18.2 Å². The monoisotopic (exact) mass is 272 g/mol. The summed E-state index contributed by atoms with van der Waals surface area (Å²) < 4.78 is 19.4. The van der Waals surface area contributed by atoms with Crippen LogP contribution in [0.2, 0.25) is 0 Å². The first-order valence-electron chi connectivity index (χ1n) is 6.86. The van der Waals surface area contributed by atoms with E-state index in [1.807, 2.05) is 24.3 Å². The van der Waals surface area contributed by atoms with E-state index < -0.39 is 0 Å². The molecule has 0 atom stereocenters. The largest absolute Gasteiger partial charge is 0.484 e. The quantitative estimate of drug-likeness (QED) is 0.877.